The number of carbonyl (C=O) groups is 2. The van der Waals surface area contributed by atoms with Crippen molar-refractivity contribution in [2.75, 3.05) is 6.54 Å². The summed E-state index contributed by atoms with van der Waals surface area (Å²) in [7, 11) is 0. The van der Waals surface area contributed by atoms with Gasteiger partial charge in [-0.25, -0.2) is 0 Å². The Morgan fingerprint density at radius 1 is 1.47 bits per heavy atom. The summed E-state index contributed by atoms with van der Waals surface area (Å²) < 4.78 is 0. The third-order valence-corrected chi connectivity index (χ3v) is 3.06. The molecule has 15 heavy (non-hydrogen) atoms. The summed E-state index contributed by atoms with van der Waals surface area (Å²) in [5, 5.41) is 0. The predicted molar refractivity (Wildman–Crippen MR) is 59.2 cm³/mol. The third-order valence-electron chi connectivity index (χ3n) is 3.06. The molecule has 1 heterocycles. The van der Waals surface area contributed by atoms with Crippen molar-refractivity contribution < 1.29 is 9.59 Å². The SMILES string of the molecule is CCCCCC(=O)N1C[C@H](C(C)C)C1=O. The number of imide groups is 1. The van der Waals surface area contributed by atoms with Gasteiger partial charge in [0.05, 0.1) is 5.92 Å². The van der Waals surface area contributed by atoms with E-state index in [1.54, 1.807) is 0 Å². The quantitative estimate of drug-likeness (QED) is 0.516. The summed E-state index contributed by atoms with van der Waals surface area (Å²) in [6, 6.07) is 0. The maximum absolute atomic E-state index is 11.6. The second kappa shape index (κ2) is 5.29. The number of rotatable bonds is 5. The van der Waals surface area contributed by atoms with E-state index in [1.807, 2.05) is 13.8 Å². The van der Waals surface area contributed by atoms with E-state index in [1.165, 1.54) is 4.90 Å². The molecule has 0 aromatic carbocycles. The number of hydrogen-bond donors (Lipinski definition) is 0. The van der Waals surface area contributed by atoms with Crippen LogP contribution in [0.1, 0.15) is 46.5 Å². The molecule has 0 N–H and O–H groups in total. The van der Waals surface area contributed by atoms with Crippen LogP contribution in [0.15, 0.2) is 0 Å². The second-order valence-corrected chi connectivity index (χ2v) is 4.65. The molecule has 0 radical (unpaired) electrons. The van der Waals surface area contributed by atoms with E-state index < -0.39 is 0 Å². The summed E-state index contributed by atoms with van der Waals surface area (Å²) in [5.41, 5.74) is 0. The highest BCUT2D eigenvalue weighted by Gasteiger charge is 2.41. The highest BCUT2D eigenvalue weighted by molar-refractivity contribution is 6.00. The first kappa shape index (κ1) is 12.2. The largest absolute Gasteiger partial charge is 0.282 e. The van der Waals surface area contributed by atoms with E-state index in [0.717, 1.165) is 19.3 Å². The van der Waals surface area contributed by atoms with Crippen molar-refractivity contribution >= 4 is 11.8 Å². The van der Waals surface area contributed by atoms with Gasteiger partial charge < -0.3 is 0 Å². The van der Waals surface area contributed by atoms with E-state index in [-0.39, 0.29) is 17.7 Å². The van der Waals surface area contributed by atoms with E-state index in [9.17, 15) is 9.59 Å². The maximum Gasteiger partial charge on any atom is 0.234 e. The van der Waals surface area contributed by atoms with Crippen LogP contribution < -0.4 is 0 Å². The molecular formula is C12H21NO2. The van der Waals surface area contributed by atoms with Gasteiger partial charge in [0.15, 0.2) is 0 Å². The van der Waals surface area contributed by atoms with Crippen molar-refractivity contribution in [1.29, 1.82) is 0 Å². The molecule has 3 heteroatoms. The lowest BCUT2D eigenvalue weighted by Crippen LogP contribution is -2.56. The Labute approximate surface area is 91.8 Å². The van der Waals surface area contributed by atoms with Crippen LogP contribution in [0.5, 0.6) is 0 Å². The van der Waals surface area contributed by atoms with Crippen LogP contribution >= 0.6 is 0 Å². The van der Waals surface area contributed by atoms with Crippen molar-refractivity contribution in [3.8, 4) is 0 Å². The number of hydrogen-bond acceptors (Lipinski definition) is 2. The molecule has 1 rings (SSSR count). The Kier molecular flexibility index (Phi) is 4.30. The van der Waals surface area contributed by atoms with Gasteiger partial charge in [-0.15, -0.1) is 0 Å². The topological polar surface area (TPSA) is 37.4 Å². The minimum absolute atomic E-state index is 0.0188. The van der Waals surface area contributed by atoms with Gasteiger partial charge in [-0.05, 0) is 12.3 Å². The van der Waals surface area contributed by atoms with Crippen LogP contribution in [0.4, 0.5) is 0 Å². The van der Waals surface area contributed by atoms with Crippen molar-refractivity contribution in [3.05, 3.63) is 0 Å². The molecule has 0 bridgehead atoms. The van der Waals surface area contributed by atoms with Crippen LogP contribution in [0.2, 0.25) is 0 Å². The zero-order valence-electron chi connectivity index (χ0n) is 9.95. The van der Waals surface area contributed by atoms with Gasteiger partial charge in [-0.1, -0.05) is 33.6 Å². The van der Waals surface area contributed by atoms with Crippen molar-refractivity contribution in [3.63, 3.8) is 0 Å². The van der Waals surface area contributed by atoms with Gasteiger partial charge >= 0.3 is 0 Å². The zero-order valence-corrected chi connectivity index (χ0v) is 9.95. The molecule has 0 spiro atoms. The average Bonchev–Trinajstić information content (AvgIpc) is 2.15. The number of amides is 2. The third kappa shape index (κ3) is 2.80. The van der Waals surface area contributed by atoms with E-state index in [2.05, 4.69) is 6.92 Å². The van der Waals surface area contributed by atoms with Gasteiger partial charge in [0.1, 0.15) is 0 Å². The normalized spacial score (nSPS) is 20.7. The number of likely N-dealkylation sites (tertiary alicyclic amines) is 1. The van der Waals surface area contributed by atoms with Crippen molar-refractivity contribution in [2.45, 2.75) is 46.5 Å². The molecular weight excluding hydrogens is 190 g/mol. The molecule has 1 aliphatic rings. The maximum atomic E-state index is 11.6. The highest BCUT2D eigenvalue weighted by atomic mass is 16.2. The van der Waals surface area contributed by atoms with Gasteiger partial charge in [0, 0.05) is 13.0 Å². The molecule has 0 aromatic heterocycles. The molecule has 86 valence electrons. The Morgan fingerprint density at radius 2 is 2.13 bits per heavy atom. The number of carbonyl (C=O) groups excluding carboxylic acids is 2. The molecule has 2 amide bonds. The zero-order chi connectivity index (χ0) is 11.4. The summed E-state index contributed by atoms with van der Waals surface area (Å²) >= 11 is 0. The smallest absolute Gasteiger partial charge is 0.234 e. The van der Waals surface area contributed by atoms with E-state index in [4.69, 9.17) is 0 Å². The molecule has 1 fully saturated rings. The van der Waals surface area contributed by atoms with Crippen LogP contribution in [-0.2, 0) is 9.59 Å². The first-order valence-electron chi connectivity index (χ1n) is 5.92. The first-order valence-corrected chi connectivity index (χ1v) is 5.92. The molecule has 1 atom stereocenters. The lowest BCUT2D eigenvalue weighted by atomic mass is 9.87. The van der Waals surface area contributed by atoms with Gasteiger partial charge in [-0.2, -0.15) is 0 Å². The first-order chi connectivity index (χ1) is 7.07. The number of nitrogens with zero attached hydrogens (tertiary/aromatic N) is 1. The van der Waals surface area contributed by atoms with Crippen LogP contribution in [-0.4, -0.2) is 23.3 Å². The summed E-state index contributed by atoms with van der Waals surface area (Å²) in [4.78, 5) is 24.6. The van der Waals surface area contributed by atoms with Crippen LogP contribution in [0, 0.1) is 11.8 Å². The average molecular weight is 211 g/mol. The second-order valence-electron chi connectivity index (χ2n) is 4.65. The van der Waals surface area contributed by atoms with Gasteiger partial charge in [0.2, 0.25) is 11.8 Å². The Balaban J connectivity index is 2.29. The predicted octanol–water partition coefficient (Wildman–Crippen LogP) is 2.21. The standard InChI is InChI=1S/C12H21NO2/c1-4-5-6-7-11(14)13-8-10(9(2)3)12(13)15/h9-10H,4-8H2,1-3H3/t10-/m1/s1. The lowest BCUT2D eigenvalue weighted by Gasteiger charge is -2.39. The van der Waals surface area contributed by atoms with Crippen molar-refractivity contribution in [2.24, 2.45) is 11.8 Å². The summed E-state index contributed by atoms with van der Waals surface area (Å²) in [5.74, 6) is 0.495. The molecule has 1 saturated heterocycles. The molecule has 1 aliphatic heterocycles. The Morgan fingerprint density at radius 3 is 2.60 bits per heavy atom. The van der Waals surface area contributed by atoms with Crippen molar-refractivity contribution in [1.82, 2.24) is 4.90 Å². The van der Waals surface area contributed by atoms with Crippen LogP contribution in [0.3, 0.4) is 0 Å². The van der Waals surface area contributed by atoms with Gasteiger partial charge in [-0.3, -0.25) is 14.5 Å². The molecule has 0 aliphatic carbocycles. The van der Waals surface area contributed by atoms with Crippen LogP contribution in [0.25, 0.3) is 0 Å². The monoisotopic (exact) mass is 211 g/mol. The Bertz CT molecular complexity index is 248. The molecule has 0 saturated carbocycles. The fraction of sp³-hybridized carbons (Fsp3) is 0.833. The number of β-lactam (4-membered cyclic amide) rings is 1. The summed E-state index contributed by atoms with van der Waals surface area (Å²) in [6.07, 6.45) is 3.62. The fourth-order valence-corrected chi connectivity index (χ4v) is 1.83. The minimum atomic E-state index is 0.0188. The van der Waals surface area contributed by atoms with E-state index in [0.29, 0.717) is 18.9 Å². The minimum Gasteiger partial charge on any atom is -0.282 e. The molecule has 3 nitrogen and oxygen atoms in total. The van der Waals surface area contributed by atoms with E-state index >= 15 is 0 Å². The molecule has 0 aromatic rings. The fourth-order valence-electron chi connectivity index (χ4n) is 1.83. The lowest BCUT2D eigenvalue weighted by molar-refractivity contribution is -0.160. The van der Waals surface area contributed by atoms with Gasteiger partial charge in [0.25, 0.3) is 0 Å². The highest BCUT2D eigenvalue weighted by Crippen LogP contribution is 2.25. The Hall–Kier alpha value is -0.860. The number of unbranched alkanes of at least 4 members (excludes halogenated alkanes) is 2. The molecule has 0 unspecified atom stereocenters. The summed E-state index contributed by atoms with van der Waals surface area (Å²) in [6.45, 7) is 6.80.